The van der Waals surface area contributed by atoms with Crippen molar-refractivity contribution < 1.29 is 9.32 Å². The Balaban J connectivity index is 1.73. The van der Waals surface area contributed by atoms with Gasteiger partial charge in [-0.2, -0.15) is 0 Å². The van der Waals surface area contributed by atoms with Gasteiger partial charge in [-0.15, -0.1) is 0 Å². The lowest BCUT2D eigenvalue weighted by atomic mass is 10.1. The van der Waals surface area contributed by atoms with Crippen LogP contribution in [0.5, 0.6) is 0 Å². The third-order valence-electron chi connectivity index (χ3n) is 2.86. The van der Waals surface area contributed by atoms with Gasteiger partial charge in [0, 0.05) is 6.07 Å². The van der Waals surface area contributed by atoms with Crippen LogP contribution >= 0.6 is 0 Å². The summed E-state index contributed by atoms with van der Waals surface area (Å²) in [5, 5.41) is 6.45. The predicted molar refractivity (Wildman–Crippen MR) is 71.1 cm³/mol. The molecule has 0 bridgehead atoms. The Morgan fingerprint density at radius 3 is 2.79 bits per heavy atom. The van der Waals surface area contributed by atoms with Gasteiger partial charge in [0.25, 0.3) is 0 Å². The summed E-state index contributed by atoms with van der Waals surface area (Å²) in [7, 11) is 0. The molecule has 1 aromatic carbocycles. The fourth-order valence-corrected chi connectivity index (χ4v) is 1.74. The second kappa shape index (κ2) is 6.70. The van der Waals surface area contributed by atoms with Gasteiger partial charge in [0.05, 0.1) is 12.6 Å². The molecule has 1 aromatic heterocycles. The first-order valence-electron chi connectivity index (χ1n) is 6.22. The number of carbonyl (C=O) groups is 1. The molecule has 1 atom stereocenters. The molecule has 0 fully saturated rings. The number of nitrogens with two attached hydrogens (primary N) is 1. The second-order valence-electron chi connectivity index (χ2n) is 4.34. The lowest BCUT2D eigenvalue weighted by molar-refractivity contribution is -0.122. The SMILES string of the molecule is NC(CCc1ccccc1)C(=O)NCc1ccon1. The van der Waals surface area contributed by atoms with Crippen molar-refractivity contribution in [1.82, 2.24) is 10.5 Å². The molecular formula is C14H17N3O2. The fraction of sp³-hybridized carbons (Fsp3) is 0.286. The zero-order chi connectivity index (χ0) is 13.5. The van der Waals surface area contributed by atoms with E-state index in [4.69, 9.17) is 5.73 Å². The van der Waals surface area contributed by atoms with Crippen LogP contribution in [0, 0.1) is 0 Å². The number of carbonyl (C=O) groups excluding carboxylic acids is 1. The maximum atomic E-state index is 11.8. The van der Waals surface area contributed by atoms with Gasteiger partial charge in [-0.05, 0) is 18.4 Å². The molecule has 2 aromatic rings. The number of nitrogens with zero attached hydrogens (tertiary/aromatic N) is 1. The minimum atomic E-state index is -0.507. The smallest absolute Gasteiger partial charge is 0.237 e. The molecule has 0 saturated heterocycles. The van der Waals surface area contributed by atoms with Crippen LogP contribution in [0.25, 0.3) is 0 Å². The summed E-state index contributed by atoms with van der Waals surface area (Å²) in [6.07, 6.45) is 2.88. The summed E-state index contributed by atoms with van der Waals surface area (Å²) < 4.78 is 4.68. The van der Waals surface area contributed by atoms with Gasteiger partial charge in [0.2, 0.25) is 5.91 Å². The Labute approximate surface area is 111 Å². The highest BCUT2D eigenvalue weighted by Crippen LogP contribution is 2.04. The van der Waals surface area contributed by atoms with Crippen molar-refractivity contribution in [2.75, 3.05) is 0 Å². The maximum Gasteiger partial charge on any atom is 0.237 e. The van der Waals surface area contributed by atoms with E-state index in [2.05, 4.69) is 15.0 Å². The number of rotatable bonds is 6. The van der Waals surface area contributed by atoms with E-state index in [9.17, 15) is 4.79 Å². The van der Waals surface area contributed by atoms with E-state index in [-0.39, 0.29) is 5.91 Å². The molecule has 100 valence electrons. The number of hydrogen-bond donors (Lipinski definition) is 2. The highest BCUT2D eigenvalue weighted by molar-refractivity contribution is 5.81. The molecule has 0 radical (unpaired) electrons. The maximum absolute atomic E-state index is 11.8. The Kier molecular flexibility index (Phi) is 4.69. The van der Waals surface area contributed by atoms with Crippen LogP contribution < -0.4 is 11.1 Å². The highest BCUT2D eigenvalue weighted by Gasteiger charge is 2.13. The number of aromatic nitrogens is 1. The fourth-order valence-electron chi connectivity index (χ4n) is 1.74. The van der Waals surface area contributed by atoms with E-state index in [1.54, 1.807) is 6.07 Å². The largest absolute Gasteiger partial charge is 0.364 e. The first-order chi connectivity index (χ1) is 9.25. The Hall–Kier alpha value is -2.14. The molecule has 5 nitrogen and oxygen atoms in total. The van der Waals surface area contributed by atoms with E-state index in [0.717, 1.165) is 6.42 Å². The molecule has 2 rings (SSSR count). The standard InChI is InChI=1S/C14H17N3O2/c15-13(7-6-11-4-2-1-3-5-11)14(18)16-10-12-8-9-19-17-12/h1-5,8-9,13H,6-7,10,15H2,(H,16,18). The van der Waals surface area contributed by atoms with Crippen molar-refractivity contribution in [2.24, 2.45) is 5.73 Å². The Bertz CT molecular complexity index is 497. The van der Waals surface area contributed by atoms with Gasteiger partial charge in [-0.25, -0.2) is 0 Å². The van der Waals surface area contributed by atoms with Gasteiger partial charge < -0.3 is 15.6 Å². The number of hydrogen-bond acceptors (Lipinski definition) is 4. The predicted octanol–water partition coefficient (Wildman–Crippen LogP) is 1.25. The molecule has 5 heteroatoms. The van der Waals surface area contributed by atoms with E-state index in [1.165, 1.54) is 11.8 Å². The van der Waals surface area contributed by atoms with Crippen LogP contribution in [0.2, 0.25) is 0 Å². The highest BCUT2D eigenvalue weighted by atomic mass is 16.5. The van der Waals surface area contributed by atoms with Crippen LogP contribution in [-0.2, 0) is 17.8 Å². The summed E-state index contributed by atoms with van der Waals surface area (Å²) in [5.41, 5.74) is 7.72. The summed E-state index contributed by atoms with van der Waals surface area (Å²) in [5.74, 6) is -0.168. The average molecular weight is 259 g/mol. The molecule has 1 unspecified atom stereocenters. The van der Waals surface area contributed by atoms with E-state index < -0.39 is 6.04 Å². The summed E-state index contributed by atoms with van der Waals surface area (Å²) >= 11 is 0. The molecule has 19 heavy (non-hydrogen) atoms. The Morgan fingerprint density at radius 2 is 2.11 bits per heavy atom. The van der Waals surface area contributed by atoms with E-state index in [1.807, 2.05) is 30.3 Å². The summed E-state index contributed by atoms with van der Waals surface area (Å²) in [6, 6.07) is 11.2. The van der Waals surface area contributed by atoms with Crippen LogP contribution in [0.1, 0.15) is 17.7 Å². The Morgan fingerprint density at radius 1 is 1.32 bits per heavy atom. The number of amides is 1. The van der Waals surface area contributed by atoms with Crippen molar-refractivity contribution in [3.63, 3.8) is 0 Å². The van der Waals surface area contributed by atoms with Crippen LogP contribution in [-0.4, -0.2) is 17.1 Å². The molecule has 1 heterocycles. The summed E-state index contributed by atoms with van der Waals surface area (Å²) in [6.45, 7) is 0.342. The quantitative estimate of drug-likeness (QED) is 0.818. The van der Waals surface area contributed by atoms with Gasteiger partial charge in [0.1, 0.15) is 12.0 Å². The molecule has 3 N–H and O–H groups in total. The second-order valence-corrected chi connectivity index (χ2v) is 4.34. The zero-order valence-electron chi connectivity index (χ0n) is 10.6. The van der Waals surface area contributed by atoms with Gasteiger partial charge in [0.15, 0.2) is 0 Å². The van der Waals surface area contributed by atoms with Crippen LogP contribution in [0.4, 0.5) is 0 Å². The van der Waals surface area contributed by atoms with Crippen LogP contribution in [0.15, 0.2) is 47.2 Å². The van der Waals surface area contributed by atoms with Gasteiger partial charge >= 0.3 is 0 Å². The topological polar surface area (TPSA) is 81.2 Å². The number of benzene rings is 1. The normalized spacial score (nSPS) is 12.1. The lowest BCUT2D eigenvalue weighted by Crippen LogP contribution is -2.40. The first-order valence-corrected chi connectivity index (χ1v) is 6.22. The van der Waals surface area contributed by atoms with Crippen molar-refractivity contribution in [3.8, 4) is 0 Å². The molecule has 0 saturated carbocycles. The third kappa shape index (κ3) is 4.22. The van der Waals surface area contributed by atoms with E-state index in [0.29, 0.717) is 18.7 Å². The van der Waals surface area contributed by atoms with Crippen molar-refractivity contribution >= 4 is 5.91 Å². The number of aryl methyl sites for hydroxylation is 1. The monoisotopic (exact) mass is 259 g/mol. The van der Waals surface area contributed by atoms with Crippen molar-refractivity contribution in [3.05, 3.63) is 53.9 Å². The minimum Gasteiger partial charge on any atom is -0.364 e. The summed E-state index contributed by atoms with van der Waals surface area (Å²) in [4.78, 5) is 11.8. The lowest BCUT2D eigenvalue weighted by Gasteiger charge is -2.11. The van der Waals surface area contributed by atoms with Crippen molar-refractivity contribution in [1.29, 1.82) is 0 Å². The molecular weight excluding hydrogens is 242 g/mol. The molecule has 0 aliphatic heterocycles. The third-order valence-corrected chi connectivity index (χ3v) is 2.86. The first kappa shape index (κ1) is 13.3. The average Bonchev–Trinajstić information content (AvgIpc) is 2.96. The van der Waals surface area contributed by atoms with Crippen LogP contribution in [0.3, 0.4) is 0 Å². The van der Waals surface area contributed by atoms with Crippen molar-refractivity contribution in [2.45, 2.75) is 25.4 Å². The van der Waals surface area contributed by atoms with Gasteiger partial charge in [-0.1, -0.05) is 35.5 Å². The minimum absolute atomic E-state index is 0.168. The van der Waals surface area contributed by atoms with E-state index >= 15 is 0 Å². The van der Waals surface area contributed by atoms with Gasteiger partial charge in [-0.3, -0.25) is 4.79 Å². The number of nitrogens with one attached hydrogen (secondary N) is 1. The molecule has 0 aliphatic carbocycles. The molecule has 1 amide bonds. The zero-order valence-corrected chi connectivity index (χ0v) is 10.6. The molecule has 0 spiro atoms. The molecule has 0 aliphatic rings.